The van der Waals surface area contributed by atoms with E-state index in [-0.39, 0.29) is 36.4 Å². The number of Topliss-reactive ketones (excluding diaryl/α,β-unsaturated/α-hetero) is 1. The van der Waals surface area contributed by atoms with E-state index in [2.05, 4.69) is 15.4 Å². The Bertz CT molecular complexity index is 1530. The van der Waals surface area contributed by atoms with Gasteiger partial charge in [0.05, 0.1) is 30.6 Å². The second-order valence-corrected chi connectivity index (χ2v) is 10.2. The smallest absolute Gasteiger partial charge is 0.318 e. The lowest BCUT2D eigenvalue weighted by atomic mass is 9.99. The zero-order valence-electron chi connectivity index (χ0n) is 23.1. The van der Waals surface area contributed by atoms with Crippen molar-refractivity contribution < 1.29 is 19.8 Å². The molecule has 0 unspecified atom stereocenters. The first-order valence-electron chi connectivity index (χ1n) is 13.5. The topological polar surface area (TPSA) is 162 Å². The van der Waals surface area contributed by atoms with Gasteiger partial charge >= 0.3 is 6.03 Å². The molecule has 1 saturated heterocycles. The molecule has 41 heavy (non-hydrogen) atoms. The molecule has 2 amide bonds. The number of aromatic nitrogens is 4. The Morgan fingerprint density at radius 3 is 2.29 bits per heavy atom. The Morgan fingerprint density at radius 1 is 1.00 bits per heavy atom. The van der Waals surface area contributed by atoms with Crippen molar-refractivity contribution in [2.75, 3.05) is 50.0 Å². The van der Waals surface area contributed by atoms with E-state index < -0.39 is 5.54 Å². The van der Waals surface area contributed by atoms with E-state index in [4.69, 9.17) is 10.7 Å². The number of carbonyl (C=O) groups excluding carboxylic acids is 2. The van der Waals surface area contributed by atoms with Gasteiger partial charge in [0.2, 0.25) is 0 Å². The first-order valence-corrected chi connectivity index (χ1v) is 13.5. The lowest BCUT2D eigenvalue weighted by molar-refractivity contribution is 0.0858. The number of anilines is 2. The molecule has 0 saturated carbocycles. The maximum absolute atomic E-state index is 12.9. The Morgan fingerprint density at radius 2 is 1.71 bits per heavy atom. The molecule has 12 heteroatoms. The number of carbonyl (C=O) groups is 2. The number of nitrogens with zero attached hydrogens (tertiary/aromatic N) is 6. The minimum atomic E-state index is -1.08. The molecule has 5 rings (SSSR count). The number of fused-ring (bicyclic) bond motifs is 1. The molecule has 0 radical (unpaired) electrons. The average molecular weight is 559 g/mol. The number of amides is 2. The van der Waals surface area contributed by atoms with Gasteiger partial charge in [-0.15, -0.1) is 0 Å². The van der Waals surface area contributed by atoms with Crippen LogP contribution in [0.15, 0.2) is 54.9 Å². The van der Waals surface area contributed by atoms with Gasteiger partial charge in [0.15, 0.2) is 11.4 Å². The molecule has 0 spiro atoms. The summed E-state index contributed by atoms with van der Waals surface area (Å²) in [6.07, 6.45) is 3.81. The van der Waals surface area contributed by atoms with Crippen molar-refractivity contribution in [1.29, 1.82) is 0 Å². The average Bonchev–Trinajstić information content (AvgIpc) is 3.44. The summed E-state index contributed by atoms with van der Waals surface area (Å²) < 4.78 is 1.47. The Hall–Kier alpha value is -4.55. The highest BCUT2D eigenvalue weighted by molar-refractivity contribution is 6.04. The van der Waals surface area contributed by atoms with Crippen molar-refractivity contribution in [2.24, 2.45) is 0 Å². The number of nitrogen functional groups attached to an aromatic ring is 1. The fourth-order valence-corrected chi connectivity index (χ4v) is 4.97. The minimum Gasteiger partial charge on any atom is -0.394 e. The number of aliphatic hydroxyl groups excluding tert-OH is 2. The fourth-order valence-electron chi connectivity index (χ4n) is 4.97. The molecule has 4 heterocycles. The normalized spacial score (nSPS) is 14.0. The van der Waals surface area contributed by atoms with Crippen LogP contribution in [-0.2, 0) is 0 Å². The third kappa shape index (κ3) is 5.31. The van der Waals surface area contributed by atoms with Crippen LogP contribution < -0.4 is 16.0 Å². The second-order valence-electron chi connectivity index (χ2n) is 10.2. The summed E-state index contributed by atoms with van der Waals surface area (Å²) >= 11 is 0. The molecular formula is C29H34N8O4. The standard InChI is InChI=1S/C29H34N8O4/c1-3-29(17-38,18-39)34-28(41)36-13-11-35(12-14-36)27-24(19(2)40)25(30)37-26(33-27)22(16-32-37)21-9-10-23(31-15-21)20-7-5-4-6-8-20/h4-10,15-16,38-39H,3,11-14,17-18,30H2,1-2H3,(H,34,41). The zero-order chi connectivity index (χ0) is 29.1. The summed E-state index contributed by atoms with van der Waals surface area (Å²) in [5, 5.41) is 26.6. The van der Waals surface area contributed by atoms with E-state index in [1.165, 1.54) is 11.4 Å². The van der Waals surface area contributed by atoms with Gasteiger partial charge in [-0.3, -0.25) is 9.78 Å². The number of nitrogens with two attached hydrogens (primary N) is 1. The number of benzene rings is 1. The van der Waals surface area contributed by atoms with Crippen molar-refractivity contribution in [3.05, 3.63) is 60.4 Å². The molecule has 12 nitrogen and oxygen atoms in total. The number of hydrogen-bond acceptors (Lipinski definition) is 9. The molecule has 4 aromatic rings. The molecule has 0 aliphatic carbocycles. The van der Waals surface area contributed by atoms with Gasteiger partial charge in [0.25, 0.3) is 0 Å². The summed E-state index contributed by atoms with van der Waals surface area (Å²) in [7, 11) is 0. The van der Waals surface area contributed by atoms with E-state index in [0.717, 1.165) is 22.4 Å². The summed E-state index contributed by atoms with van der Waals surface area (Å²) in [6, 6.07) is 13.4. The Kier molecular flexibility index (Phi) is 7.86. The van der Waals surface area contributed by atoms with Gasteiger partial charge in [-0.1, -0.05) is 43.3 Å². The van der Waals surface area contributed by atoms with Crippen molar-refractivity contribution in [3.63, 3.8) is 0 Å². The number of rotatable bonds is 8. The largest absolute Gasteiger partial charge is 0.394 e. The Balaban J connectivity index is 1.43. The Labute approximate surface area is 237 Å². The van der Waals surface area contributed by atoms with Gasteiger partial charge in [0.1, 0.15) is 17.2 Å². The van der Waals surface area contributed by atoms with Crippen molar-refractivity contribution >= 4 is 29.1 Å². The van der Waals surface area contributed by atoms with Crippen molar-refractivity contribution in [1.82, 2.24) is 29.8 Å². The highest BCUT2D eigenvalue weighted by Gasteiger charge is 2.33. The first-order chi connectivity index (χ1) is 19.8. The van der Waals surface area contributed by atoms with Crippen LogP contribution in [-0.4, -0.2) is 91.4 Å². The molecule has 1 fully saturated rings. The van der Waals surface area contributed by atoms with Crippen LogP contribution in [0.5, 0.6) is 0 Å². The zero-order valence-corrected chi connectivity index (χ0v) is 23.1. The number of aliphatic hydroxyl groups is 2. The fraction of sp³-hybridized carbons (Fsp3) is 0.345. The molecule has 1 aromatic carbocycles. The predicted molar refractivity (Wildman–Crippen MR) is 156 cm³/mol. The minimum absolute atomic E-state index is 0.191. The van der Waals surface area contributed by atoms with Crippen LogP contribution in [0.3, 0.4) is 0 Å². The van der Waals surface area contributed by atoms with Crippen LogP contribution in [0, 0.1) is 0 Å². The molecular weight excluding hydrogens is 524 g/mol. The predicted octanol–water partition coefficient (Wildman–Crippen LogP) is 2.21. The van der Waals surface area contributed by atoms with E-state index in [0.29, 0.717) is 44.1 Å². The van der Waals surface area contributed by atoms with Crippen LogP contribution in [0.2, 0.25) is 0 Å². The number of nitrogens with one attached hydrogen (secondary N) is 1. The number of urea groups is 1. The lowest BCUT2D eigenvalue weighted by Crippen LogP contribution is -2.60. The van der Waals surface area contributed by atoms with Crippen LogP contribution >= 0.6 is 0 Å². The van der Waals surface area contributed by atoms with Gasteiger partial charge in [0, 0.05) is 49.1 Å². The van der Waals surface area contributed by atoms with Crippen molar-refractivity contribution in [3.8, 4) is 22.4 Å². The quantitative estimate of drug-likeness (QED) is 0.238. The van der Waals surface area contributed by atoms with Crippen LogP contribution in [0.1, 0.15) is 30.6 Å². The van der Waals surface area contributed by atoms with E-state index >= 15 is 0 Å². The highest BCUT2D eigenvalue weighted by atomic mass is 16.3. The van der Waals surface area contributed by atoms with E-state index in [9.17, 15) is 19.8 Å². The van der Waals surface area contributed by atoms with Gasteiger partial charge < -0.3 is 31.1 Å². The summed E-state index contributed by atoms with van der Waals surface area (Å²) in [5.74, 6) is 0.389. The molecule has 1 aliphatic heterocycles. The maximum atomic E-state index is 12.9. The maximum Gasteiger partial charge on any atom is 0.318 e. The molecule has 0 atom stereocenters. The van der Waals surface area contributed by atoms with Crippen molar-refractivity contribution in [2.45, 2.75) is 25.8 Å². The molecule has 5 N–H and O–H groups in total. The third-order valence-corrected chi connectivity index (χ3v) is 7.68. The summed E-state index contributed by atoms with van der Waals surface area (Å²) in [5.41, 5.74) is 9.56. The molecule has 3 aromatic heterocycles. The molecule has 0 bridgehead atoms. The number of pyridine rings is 1. The SMILES string of the molecule is CCC(CO)(CO)NC(=O)N1CCN(c2nc3c(-c4ccc(-c5ccccc5)nc4)cnn3c(N)c2C(C)=O)CC1. The summed E-state index contributed by atoms with van der Waals surface area (Å²) in [6.45, 7) is 4.02. The first kappa shape index (κ1) is 28.0. The second kappa shape index (κ2) is 11.5. The highest BCUT2D eigenvalue weighted by Crippen LogP contribution is 2.32. The number of ketones is 1. The lowest BCUT2D eigenvalue weighted by Gasteiger charge is -2.38. The number of hydrogen-bond donors (Lipinski definition) is 4. The van der Waals surface area contributed by atoms with Crippen LogP contribution in [0.4, 0.5) is 16.4 Å². The van der Waals surface area contributed by atoms with E-state index in [1.54, 1.807) is 24.2 Å². The third-order valence-electron chi connectivity index (χ3n) is 7.68. The van der Waals surface area contributed by atoms with Gasteiger partial charge in [-0.25, -0.2) is 9.78 Å². The summed E-state index contributed by atoms with van der Waals surface area (Å²) in [4.78, 5) is 38.7. The van der Waals surface area contributed by atoms with Crippen LogP contribution in [0.25, 0.3) is 28.0 Å². The van der Waals surface area contributed by atoms with Gasteiger partial charge in [-0.2, -0.15) is 9.61 Å². The molecule has 214 valence electrons. The van der Waals surface area contributed by atoms with E-state index in [1.807, 2.05) is 47.4 Å². The monoisotopic (exact) mass is 558 g/mol. The number of piperazine rings is 1. The molecule has 1 aliphatic rings. The van der Waals surface area contributed by atoms with Gasteiger partial charge in [-0.05, 0) is 19.4 Å².